The molecule has 0 saturated carbocycles. The van der Waals surface area contributed by atoms with Crippen LogP contribution in [0.15, 0.2) is 17.2 Å². The fourth-order valence-corrected chi connectivity index (χ4v) is 3.28. The number of aromatic nitrogens is 1. The van der Waals surface area contributed by atoms with E-state index in [1.54, 1.807) is 18.8 Å². The van der Waals surface area contributed by atoms with Crippen molar-refractivity contribution in [2.75, 3.05) is 30.9 Å². The Hall–Kier alpha value is -0.500. The molecule has 1 rings (SSSR count). The maximum Gasteiger partial charge on any atom is 0.242 e. The zero-order chi connectivity index (χ0) is 14.3. The molecule has 1 aromatic heterocycles. The van der Waals surface area contributed by atoms with E-state index in [4.69, 9.17) is 11.6 Å². The standard InChI is InChI=1S/C11H18ClN3O2S2/c1-13-11-10(12)7-9(8-14-11)19(16,17)15-5-3-4-6-18-2/h7-8,15H,3-6H2,1-2H3,(H,13,14). The Kier molecular flexibility index (Phi) is 6.92. The van der Waals surface area contributed by atoms with Crippen LogP contribution in [0.3, 0.4) is 0 Å². The summed E-state index contributed by atoms with van der Waals surface area (Å²) in [5.74, 6) is 1.49. The lowest BCUT2D eigenvalue weighted by atomic mass is 10.3. The highest BCUT2D eigenvalue weighted by molar-refractivity contribution is 7.98. The van der Waals surface area contributed by atoms with Gasteiger partial charge in [-0.05, 0) is 30.9 Å². The normalized spacial score (nSPS) is 11.5. The zero-order valence-corrected chi connectivity index (χ0v) is 13.3. The predicted octanol–water partition coefficient (Wildman–Crippen LogP) is 2.20. The quantitative estimate of drug-likeness (QED) is 0.718. The smallest absolute Gasteiger partial charge is 0.242 e. The highest BCUT2D eigenvalue weighted by Gasteiger charge is 2.15. The van der Waals surface area contributed by atoms with Crippen LogP contribution >= 0.6 is 23.4 Å². The number of anilines is 1. The van der Waals surface area contributed by atoms with Gasteiger partial charge >= 0.3 is 0 Å². The molecule has 0 saturated heterocycles. The number of pyridine rings is 1. The average Bonchev–Trinajstić information content (AvgIpc) is 2.38. The van der Waals surface area contributed by atoms with E-state index in [-0.39, 0.29) is 9.92 Å². The molecule has 2 N–H and O–H groups in total. The number of nitrogens with one attached hydrogen (secondary N) is 2. The summed E-state index contributed by atoms with van der Waals surface area (Å²) in [6.07, 6.45) is 5.13. The van der Waals surface area contributed by atoms with Crippen molar-refractivity contribution >= 4 is 39.2 Å². The van der Waals surface area contributed by atoms with Gasteiger partial charge in [-0.15, -0.1) is 0 Å². The van der Waals surface area contributed by atoms with Crippen LogP contribution in [-0.4, -0.2) is 39.0 Å². The summed E-state index contributed by atoms with van der Waals surface area (Å²) in [5.41, 5.74) is 0. The molecule has 0 unspecified atom stereocenters. The number of halogens is 1. The molecule has 19 heavy (non-hydrogen) atoms. The Morgan fingerprint density at radius 2 is 2.16 bits per heavy atom. The van der Waals surface area contributed by atoms with E-state index in [1.807, 2.05) is 6.26 Å². The van der Waals surface area contributed by atoms with Crippen LogP contribution in [0.2, 0.25) is 5.02 Å². The van der Waals surface area contributed by atoms with Gasteiger partial charge in [0.1, 0.15) is 10.7 Å². The fraction of sp³-hybridized carbons (Fsp3) is 0.545. The average molecular weight is 324 g/mol. The Bertz CT molecular complexity index is 509. The van der Waals surface area contributed by atoms with E-state index in [2.05, 4.69) is 15.0 Å². The van der Waals surface area contributed by atoms with Crippen LogP contribution in [0, 0.1) is 0 Å². The Morgan fingerprint density at radius 3 is 2.74 bits per heavy atom. The molecule has 0 aliphatic carbocycles. The lowest BCUT2D eigenvalue weighted by Gasteiger charge is -2.08. The number of thioether (sulfide) groups is 1. The predicted molar refractivity (Wildman–Crippen MR) is 81.6 cm³/mol. The first-order chi connectivity index (χ1) is 9.01. The molecule has 8 heteroatoms. The molecule has 0 aliphatic heterocycles. The highest BCUT2D eigenvalue weighted by Crippen LogP contribution is 2.21. The summed E-state index contributed by atoms with van der Waals surface area (Å²) in [6, 6.07) is 1.39. The van der Waals surface area contributed by atoms with E-state index in [9.17, 15) is 8.42 Å². The van der Waals surface area contributed by atoms with Crippen molar-refractivity contribution in [1.29, 1.82) is 0 Å². The van der Waals surface area contributed by atoms with Crippen LogP contribution in [0.1, 0.15) is 12.8 Å². The number of sulfonamides is 1. The number of unbranched alkanes of at least 4 members (excludes halogenated alkanes) is 1. The summed E-state index contributed by atoms with van der Waals surface area (Å²) < 4.78 is 26.5. The van der Waals surface area contributed by atoms with E-state index < -0.39 is 10.0 Å². The van der Waals surface area contributed by atoms with Crippen LogP contribution in [0.25, 0.3) is 0 Å². The maximum absolute atomic E-state index is 12.0. The molecule has 0 atom stereocenters. The first-order valence-electron chi connectivity index (χ1n) is 5.83. The van der Waals surface area contributed by atoms with E-state index in [0.29, 0.717) is 12.4 Å². The molecule has 0 radical (unpaired) electrons. The maximum atomic E-state index is 12.0. The van der Waals surface area contributed by atoms with Crippen LogP contribution in [-0.2, 0) is 10.0 Å². The SMILES string of the molecule is CNc1ncc(S(=O)(=O)NCCCCSC)cc1Cl. The van der Waals surface area contributed by atoms with Gasteiger partial charge in [-0.1, -0.05) is 11.6 Å². The summed E-state index contributed by atoms with van der Waals surface area (Å²) >= 11 is 7.67. The monoisotopic (exact) mass is 323 g/mol. The molecule has 1 heterocycles. The number of hydrogen-bond acceptors (Lipinski definition) is 5. The minimum Gasteiger partial charge on any atom is -0.372 e. The van der Waals surface area contributed by atoms with E-state index in [1.165, 1.54) is 12.3 Å². The van der Waals surface area contributed by atoms with Crippen molar-refractivity contribution in [2.24, 2.45) is 0 Å². The molecule has 0 aliphatic rings. The third-order valence-electron chi connectivity index (χ3n) is 2.43. The van der Waals surface area contributed by atoms with Crippen molar-refractivity contribution in [1.82, 2.24) is 9.71 Å². The molecule has 0 spiro atoms. The molecule has 0 fully saturated rings. The first kappa shape index (κ1) is 16.6. The fourth-order valence-electron chi connectivity index (χ4n) is 1.41. The largest absolute Gasteiger partial charge is 0.372 e. The van der Waals surface area contributed by atoms with Gasteiger partial charge in [0.25, 0.3) is 0 Å². The minimum atomic E-state index is -3.53. The number of nitrogens with zero attached hydrogens (tertiary/aromatic N) is 1. The Labute approximate surface area is 123 Å². The summed E-state index contributed by atoms with van der Waals surface area (Å²) in [6.45, 7) is 0.425. The van der Waals surface area contributed by atoms with Crippen LogP contribution < -0.4 is 10.0 Å². The summed E-state index contributed by atoms with van der Waals surface area (Å²) in [4.78, 5) is 4.04. The molecule has 0 amide bonds. The van der Waals surface area contributed by atoms with Crippen LogP contribution in [0.4, 0.5) is 5.82 Å². The first-order valence-corrected chi connectivity index (χ1v) is 9.08. The Balaban J connectivity index is 2.64. The second-order valence-electron chi connectivity index (χ2n) is 3.85. The molecule has 0 bridgehead atoms. The topological polar surface area (TPSA) is 71.1 Å². The molecule has 108 valence electrons. The van der Waals surface area contributed by atoms with Gasteiger partial charge in [-0.25, -0.2) is 18.1 Å². The second kappa shape index (κ2) is 7.94. The number of hydrogen-bond donors (Lipinski definition) is 2. The third kappa shape index (κ3) is 5.18. The molecule has 0 aromatic carbocycles. The van der Waals surface area contributed by atoms with E-state index in [0.717, 1.165) is 18.6 Å². The van der Waals surface area contributed by atoms with Crippen molar-refractivity contribution in [3.05, 3.63) is 17.3 Å². The van der Waals surface area contributed by atoms with Gasteiger partial charge in [0.15, 0.2) is 0 Å². The molecular weight excluding hydrogens is 306 g/mol. The van der Waals surface area contributed by atoms with Gasteiger partial charge in [0.2, 0.25) is 10.0 Å². The Morgan fingerprint density at radius 1 is 1.42 bits per heavy atom. The van der Waals surface area contributed by atoms with Crippen LogP contribution in [0.5, 0.6) is 0 Å². The van der Waals surface area contributed by atoms with Gasteiger partial charge < -0.3 is 5.32 Å². The zero-order valence-electron chi connectivity index (χ0n) is 10.9. The summed E-state index contributed by atoms with van der Waals surface area (Å²) in [5, 5.41) is 3.06. The highest BCUT2D eigenvalue weighted by atomic mass is 35.5. The van der Waals surface area contributed by atoms with Gasteiger partial charge in [0, 0.05) is 19.8 Å². The van der Waals surface area contributed by atoms with Gasteiger partial charge in [-0.2, -0.15) is 11.8 Å². The lowest BCUT2D eigenvalue weighted by molar-refractivity contribution is 0.578. The second-order valence-corrected chi connectivity index (χ2v) is 7.01. The lowest BCUT2D eigenvalue weighted by Crippen LogP contribution is -2.25. The van der Waals surface area contributed by atoms with Gasteiger partial charge in [-0.3, -0.25) is 0 Å². The summed E-state index contributed by atoms with van der Waals surface area (Å²) in [7, 11) is -1.85. The van der Waals surface area contributed by atoms with E-state index >= 15 is 0 Å². The molecule has 1 aromatic rings. The van der Waals surface area contributed by atoms with Crippen molar-refractivity contribution in [3.8, 4) is 0 Å². The van der Waals surface area contributed by atoms with Crippen molar-refractivity contribution < 1.29 is 8.42 Å². The van der Waals surface area contributed by atoms with Gasteiger partial charge in [0.05, 0.1) is 5.02 Å². The minimum absolute atomic E-state index is 0.0846. The number of rotatable bonds is 8. The molecule has 5 nitrogen and oxygen atoms in total. The third-order valence-corrected chi connectivity index (χ3v) is 4.84. The molecular formula is C11H18ClN3O2S2. The van der Waals surface area contributed by atoms with Crippen molar-refractivity contribution in [2.45, 2.75) is 17.7 Å². The van der Waals surface area contributed by atoms with Crippen molar-refractivity contribution in [3.63, 3.8) is 0 Å².